The summed E-state index contributed by atoms with van der Waals surface area (Å²) in [7, 11) is 0. The highest BCUT2D eigenvalue weighted by atomic mass is 35.5. The van der Waals surface area contributed by atoms with Gasteiger partial charge in [0, 0.05) is 16.4 Å². The van der Waals surface area contributed by atoms with Crippen molar-refractivity contribution in [2.45, 2.75) is 0 Å². The molecule has 0 saturated carbocycles. The number of hydrogen-bond donors (Lipinski definition) is 1. The first-order chi connectivity index (χ1) is 8.63. The van der Waals surface area contributed by atoms with Gasteiger partial charge in [0.25, 0.3) is 0 Å². The zero-order chi connectivity index (χ0) is 12.7. The maximum absolute atomic E-state index is 6.00. The summed E-state index contributed by atoms with van der Waals surface area (Å²) in [5, 5.41) is 6.57. The Morgan fingerprint density at radius 2 is 1.72 bits per heavy atom. The molecule has 1 aliphatic heterocycles. The molecule has 0 aromatic heterocycles. The maximum Gasteiger partial charge on any atom is 0.0887 e. The minimum atomic E-state index is 0.485. The van der Waals surface area contributed by atoms with Crippen LogP contribution in [-0.2, 0) is 0 Å². The number of nitrogens with zero attached hydrogens (tertiary/aromatic N) is 1. The van der Waals surface area contributed by atoms with E-state index in [0.717, 1.165) is 22.0 Å². The standard InChI is InChI=1S/C13H7Cl3N2/c14-8-1-2-11-7(3-8)6-17-12-4-9(15)10(16)5-13(12)18-11/h1-6,17H. The van der Waals surface area contributed by atoms with Gasteiger partial charge in [-0.2, -0.15) is 0 Å². The number of halogens is 3. The number of anilines is 1. The van der Waals surface area contributed by atoms with Crippen molar-refractivity contribution in [1.29, 1.82) is 0 Å². The summed E-state index contributed by atoms with van der Waals surface area (Å²) < 4.78 is 0. The van der Waals surface area contributed by atoms with Crippen LogP contribution in [-0.4, -0.2) is 0 Å². The number of fused-ring (bicyclic) bond motifs is 2. The van der Waals surface area contributed by atoms with Crippen molar-refractivity contribution in [3.8, 4) is 0 Å². The summed E-state index contributed by atoms with van der Waals surface area (Å²) in [5.74, 6) is 0. The molecular formula is C13H7Cl3N2. The van der Waals surface area contributed by atoms with E-state index in [1.54, 1.807) is 18.2 Å². The number of hydrogen-bond acceptors (Lipinski definition) is 2. The highest BCUT2D eigenvalue weighted by molar-refractivity contribution is 6.42. The molecule has 0 radical (unpaired) electrons. The van der Waals surface area contributed by atoms with E-state index in [1.807, 2.05) is 18.3 Å². The van der Waals surface area contributed by atoms with Crippen LogP contribution in [0.5, 0.6) is 0 Å². The van der Waals surface area contributed by atoms with Gasteiger partial charge in [0.2, 0.25) is 0 Å². The Labute approximate surface area is 119 Å². The van der Waals surface area contributed by atoms with Crippen molar-refractivity contribution in [2.24, 2.45) is 4.99 Å². The lowest BCUT2D eigenvalue weighted by atomic mass is 10.2. The van der Waals surface area contributed by atoms with Crippen molar-refractivity contribution in [3.63, 3.8) is 0 Å². The lowest BCUT2D eigenvalue weighted by Gasteiger charge is -2.05. The predicted octanol–water partition coefficient (Wildman–Crippen LogP) is 3.76. The molecule has 2 aromatic carbocycles. The number of rotatable bonds is 0. The van der Waals surface area contributed by atoms with Crippen LogP contribution in [0.1, 0.15) is 0 Å². The lowest BCUT2D eigenvalue weighted by molar-refractivity contribution is 1.32. The molecule has 0 amide bonds. The first kappa shape index (κ1) is 11.8. The van der Waals surface area contributed by atoms with Crippen LogP contribution < -0.4 is 15.9 Å². The van der Waals surface area contributed by atoms with E-state index in [1.165, 1.54) is 0 Å². The van der Waals surface area contributed by atoms with Crippen LogP contribution in [0.4, 0.5) is 11.4 Å². The Hall–Kier alpha value is -1.22. The fraction of sp³-hybridized carbons (Fsp3) is 0. The molecule has 0 aliphatic carbocycles. The summed E-state index contributed by atoms with van der Waals surface area (Å²) in [6.07, 6.45) is 1.85. The fourth-order valence-electron chi connectivity index (χ4n) is 1.77. The number of nitrogens with one attached hydrogen (secondary N) is 1. The van der Waals surface area contributed by atoms with Gasteiger partial charge in [-0.3, -0.25) is 0 Å². The molecule has 0 saturated heterocycles. The second-order valence-electron chi connectivity index (χ2n) is 3.89. The Bertz CT molecular complexity index is 754. The van der Waals surface area contributed by atoms with Gasteiger partial charge in [-0.1, -0.05) is 34.8 Å². The average molecular weight is 298 g/mol. The molecule has 0 spiro atoms. The largest absolute Gasteiger partial charge is 0.359 e. The fourth-order valence-corrected chi connectivity index (χ4v) is 2.27. The van der Waals surface area contributed by atoms with Gasteiger partial charge >= 0.3 is 0 Å². The first-order valence-corrected chi connectivity index (χ1v) is 6.37. The van der Waals surface area contributed by atoms with Gasteiger partial charge in [0.15, 0.2) is 0 Å². The lowest BCUT2D eigenvalue weighted by Crippen LogP contribution is -2.24. The molecule has 0 unspecified atom stereocenters. The molecule has 2 nitrogen and oxygen atoms in total. The minimum Gasteiger partial charge on any atom is -0.359 e. The highest BCUT2D eigenvalue weighted by Crippen LogP contribution is 2.34. The Morgan fingerprint density at radius 1 is 0.944 bits per heavy atom. The number of benzene rings is 2. The van der Waals surface area contributed by atoms with Gasteiger partial charge in [-0.25, -0.2) is 4.99 Å². The van der Waals surface area contributed by atoms with Crippen LogP contribution in [0.2, 0.25) is 15.1 Å². The molecule has 3 rings (SSSR count). The second-order valence-corrected chi connectivity index (χ2v) is 5.14. The van der Waals surface area contributed by atoms with E-state index in [4.69, 9.17) is 34.8 Å². The van der Waals surface area contributed by atoms with E-state index in [9.17, 15) is 0 Å². The average Bonchev–Trinajstić information content (AvgIpc) is 2.50. The summed E-state index contributed by atoms with van der Waals surface area (Å²) in [6.45, 7) is 0. The molecule has 1 aliphatic rings. The van der Waals surface area contributed by atoms with E-state index in [-0.39, 0.29) is 0 Å². The van der Waals surface area contributed by atoms with Crippen molar-refractivity contribution in [1.82, 2.24) is 0 Å². The molecule has 0 fully saturated rings. The first-order valence-electron chi connectivity index (χ1n) is 5.23. The predicted molar refractivity (Wildman–Crippen MR) is 76.4 cm³/mol. The van der Waals surface area contributed by atoms with E-state index < -0.39 is 0 Å². The third-order valence-electron chi connectivity index (χ3n) is 2.65. The molecule has 5 heteroatoms. The van der Waals surface area contributed by atoms with Crippen molar-refractivity contribution in [2.75, 3.05) is 5.32 Å². The second kappa shape index (κ2) is 4.47. The third kappa shape index (κ3) is 2.07. The Morgan fingerprint density at radius 3 is 2.56 bits per heavy atom. The quantitative estimate of drug-likeness (QED) is 0.786. The van der Waals surface area contributed by atoms with Crippen LogP contribution in [0.15, 0.2) is 35.3 Å². The summed E-state index contributed by atoms with van der Waals surface area (Å²) >= 11 is 17.9. The normalized spacial score (nSPS) is 12.4. The van der Waals surface area contributed by atoms with Crippen LogP contribution in [0.25, 0.3) is 6.20 Å². The zero-order valence-corrected chi connectivity index (χ0v) is 11.3. The summed E-state index contributed by atoms with van der Waals surface area (Å²) in [4.78, 5) is 4.55. The van der Waals surface area contributed by atoms with Crippen LogP contribution in [0.3, 0.4) is 0 Å². The van der Waals surface area contributed by atoms with E-state index >= 15 is 0 Å². The minimum absolute atomic E-state index is 0.485. The van der Waals surface area contributed by atoms with Crippen LogP contribution >= 0.6 is 34.8 Å². The smallest absolute Gasteiger partial charge is 0.0887 e. The molecule has 2 aromatic rings. The van der Waals surface area contributed by atoms with Crippen molar-refractivity contribution in [3.05, 3.63) is 56.0 Å². The molecule has 0 bridgehead atoms. The topological polar surface area (TPSA) is 24.4 Å². The van der Waals surface area contributed by atoms with E-state index in [2.05, 4.69) is 10.3 Å². The molecule has 1 N–H and O–H groups in total. The molecular weight excluding hydrogens is 291 g/mol. The highest BCUT2D eigenvalue weighted by Gasteiger charge is 2.08. The van der Waals surface area contributed by atoms with Gasteiger partial charge in [-0.15, -0.1) is 0 Å². The van der Waals surface area contributed by atoms with Crippen molar-refractivity contribution < 1.29 is 0 Å². The third-order valence-corrected chi connectivity index (χ3v) is 3.61. The van der Waals surface area contributed by atoms with E-state index in [0.29, 0.717) is 15.1 Å². The summed E-state index contributed by atoms with van der Waals surface area (Å²) in [5.41, 5.74) is 1.57. The van der Waals surface area contributed by atoms with Gasteiger partial charge in [0.1, 0.15) is 0 Å². The Kier molecular flexibility index (Phi) is 2.94. The SMILES string of the molecule is Clc1ccc2c(c1)=CNc1cc(Cl)c(Cl)cc1N=2. The molecule has 90 valence electrons. The molecule has 18 heavy (non-hydrogen) atoms. The monoisotopic (exact) mass is 296 g/mol. The zero-order valence-electron chi connectivity index (χ0n) is 9.05. The van der Waals surface area contributed by atoms with Gasteiger partial charge in [0.05, 0.1) is 26.8 Å². The van der Waals surface area contributed by atoms with Crippen LogP contribution in [0, 0.1) is 0 Å². The maximum atomic E-state index is 6.00. The molecule has 1 heterocycles. The molecule has 0 atom stereocenters. The summed E-state index contributed by atoms with van der Waals surface area (Å²) in [6, 6.07) is 9.02. The van der Waals surface area contributed by atoms with Crippen molar-refractivity contribution >= 4 is 52.4 Å². The van der Waals surface area contributed by atoms with Gasteiger partial charge in [-0.05, 0) is 30.3 Å². The van der Waals surface area contributed by atoms with Gasteiger partial charge < -0.3 is 5.32 Å². The Balaban J connectivity index is 2.30.